The molecule has 3 aromatic rings. The highest BCUT2D eigenvalue weighted by atomic mass is 35.5. The summed E-state index contributed by atoms with van der Waals surface area (Å²) in [7, 11) is 0. The fourth-order valence-electron chi connectivity index (χ4n) is 3.57. The van der Waals surface area contributed by atoms with Gasteiger partial charge in [-0.2, -0.15) is 18.3 Å². The van der Waals surface area contributed by atoms with Gasteiger partial charge in [0.25, 0.3) is 11.8 Å². The number of amides is 2. The van der Waals surface area contributed by atoms with Crippen molar-refractivity contribution in [2.75, 3.05) is 16.8 Å². The van der Waals surface area contributed by atoms with Crippen molar-refractivity contribution in [3.05, 3.63) is 70.3 Å². The van der Waals surface area contributed by atoms with Crippen LogP contribution in [0.4, 0.5) is 24.5 Å². The van der Waals surface area contributed by atoms with Crippen molar-refractivity contribution < 1.29 is 22.8 Å². The minimum absolute atomic E-state index is 0.120. The lowest BCUT2D eigenvalue weighted by atomic mass is 10.1. The molecule has 1 aliphatic rings. The van der Waals surface area contributed by atoms with Gasteiger partial charge in [0.05, 0.1) is 34.1 Å². The lowest BCUT2D eigenvalue weighted by Gasteiger charge is -2.32. The lowest BCUT2D eigenvalue weighted by molar-refractivity contribution is -0.137. The van der Waals surface area contributed by atoms with Gasteiger partial charge in [0.1, 0.15) is 0 Å². The fourth-order valence-corrected chi connectivity index (χ4v) is 3.85. The largest absolute Gasteiger partial charge is 0.417 e. The van der Waals surface area contributed by atoms with Crippen molar-refractivity contribution in [1.82, 2.24) is 14.8 Å². The molecule has 166 valence electrons. The molecule has 0 aliphatic carbocycles. The topological polar surface area (TPSA) is 80.1 Å². The Morgan fingerprint density at radius 1 is 1.25 bits per heavy atom. The summed E-state index contributed by atoms with van der Waals surface area (Å²) >= 11 is 5.84. The smallest absolute Gasteiger partial charge is 0.319 e. The van der Waals surface area contributed by atoms with Crippen LogP contribution in [0.15, 0.2) is 42.9 Å². The molecule has 1 aliphatic heterocycles. The number of fused-ring (bicyclic) bond motifs is 1. The maximum atomic E-state index is 13.3. The highest BCUT2D eigenvalue weighted by molar-refractivity contribution is 6.31. The van der Waals surface area contributed by atoms with Gasteiger partial charge in [0.15, 0.2) is 5.69 Å². The molecule has 2 aromatic heterocycles. The highest BCUT2D eigenvalue weighted by Gasteiger charge is 2.36. The van der Waals surface area contributed by atoms with E-state index in [-0.39, 0.29) is 29.7 Å². The van der Waals surface area contributed by atoms with Crippen molar-refractivity contribution in [2.24, 2.45) is 0 Å². The number of aromatic nitrogens is 3. The zero-order valence-corrected chi connectivity index (χ0v) is 17.7. The molecule has 11 heteroatoms. The molecule has 0 spiro atoms. The quantitative estimate of drug-likeness (QED) is 0.609. The second-order valence-electron chi connectivity index (χ2n) is 7.42. The van der Waals surface area contributed by atoms with Crippen LogP contribution in [0.2, 0.25) is 5.02 Å². The molecule has 0 radical (unpaired) electrons. The molecule has 0 saturated heterocycles. The van der Waals surface area contributed by atoms with Crippen molar-refractivity contribution in [2.45, 2.75) is 26.1 Å². The summed E-state index contributed by atoms with van der Waals surface area (Å²) in [5.41, 5.74) is 0.597. The summed E-state index contributed by atoms with van der Waals surface area (Å²) in [5, 5.41) is 6.39. The zero-order valence-electron chi connectivity index (χ0n) is 16.9. The van der Waals surface area contributed by atoms with E-state index in [1.807, 2.05) is 0 Å². The standard InChI is InChI=1S/C21H17ClF3N5O2/c1-11-5-6-26-8-14(11)19(31)28-17-9-27-30-12(2)10-29(20(32)18(17)30)13-3-4-15(16(22)7-13)21(23,24)25/h3-9,12H,10H2,1-2H3,(H,28,31)/t12-/m0/s1. The lowest BCUT2D eigenvalue weighted by Crippen LogP contribution is -2.43. The third-order valence-electron chi connectivity index (χ3n) is 5.21. The summed E-state index contributed by atoms with van der Waals surface area (Å²) in [5.74, 6) is -0.976. The Labute approximate surface area is 185 Å². The first-order valence-corrected chi connectivity index (χ1v) is 9.93. The molecule has 0 saturated carbocycles. The predicted octanol–water partition coefficient (Wildman–Crippen LogP) is 4.73. The molecule has 2 amide bonds. The maximum Gasteiger partial charge on any atom is 0.417 e. The Morgan fingerprint density at radius 3 is 2.66 bits per heavy atom. The van der Waals surface area contributed by atoms with E-state index in [0.29, 0.717) is 11.1 Å². The number of rotatable bonds is 3. The van der Waals surface area contributed by atoms with Gasteiger partial charge in [-0.1, -0.05) is 11.6 Å². The van der Waals surface area contributed by atoms with Crippen molar-refractivity contribution in [1.29, 1.82) is 0 Å². The Bertz CT molecular complexity index is 1220. The first-order valence-electron chi connectivity index (χ1n) is 9.56. The average Bonchev–Trinajstić information content (AvgIpc) is 3.14. The van der Waals surface area contributed by atoms with E-state index in [2.05, 4.69) is 15.4 Å². The first-order chi connectivity index (χ1) is 15.1. The van der Waals surface area contributed by atoms with Crippen LogP contribution in [-0.4, -0.2) is 33.1 Å². The summed E-state index contributed by atoms with van der Waals surface area (Å²) < 4.78 is 40.6. The van der Waals surface area contributed by atoms with Gasteiger partial charge in [-0.3, -0.25) is 19.3 Å². The second kappa shape index (κ2) is 7.94. The van der Waals surface area contributed by atoms with Gasteiger partial charge in [-0.05, 0) is 43.7 Å². The van der Waals surface area contributed by atoms with Crippen LogP contribution < -0.4 is 10.2 Å². The average molecular weight is 464 g/mol. The number of carbonyl (C=O) groups is 2. The van der Waals surface area contributed by atoms with Crippen LogP contribution in [0.25, 0.3) is 0 Å². The number of pyridine rings is 1. The van der Waals surface area contributed by atoms with Crippen LogP contribution in [-0.2, 0) is 6.18 Å². The zero-order chi connectivity index (χ0) is 23.2. The normalized spacial score (nSPS) is 16.1. The number of nitrogens with zero attached hydrogens (tertiary/aromatic N) is 4. The summed E-state index contributed by atoms with van der Waals surface area (Å²) in [6.07, 6.45) is -0.250. The Morgan fingerprint density at radius 2 is 2.00 bits per heavy atom. The van der Waals surface area contributed by atoms with Crippen LogP contribution >= 0.6 is 11.6 Å². The maximum absolute atomic E-state index is 13.3. The number of hydrogen-bond donors (Lipinski definition) is 1. The highest BCUT2D eigenvalue weighted by Crippen LogP contribution is 2.38. The molecule has 0 unspecified atom stereocenters. The number of hydrogen-bond acceptors (Lipinski definition) is 4. The summed E-state index contributed by atoms with van der Waals surface area (Å²) in [4.78, 5) is 31.2. The minimum Gasteiger partial charge on any atom is -0.319 e. The first kappa shape index (κ1) is 21.8. The summed E-state index contributed by atoms with van der Waals surface area (Å²) in [6, 6.07) is 4.54. The molecule has 1 aromatic carbocycles. The van der Waals surface area contributed by atoms with Gasteiger partial charge in [0.2, 0.25) is 0 Å². The Balaban J connectivity index is 1.67. The van der Waals surface area contributed by atoms with Crippen molar-refractivity contribution in [3.8, 4) is 0 Å². The fraction of sp³-hybridized carbons (Fsp3) is 0.238. The number of benzene rings is 1. The third kappa shape index (κ3) is 3.81. The van der Waals surface area contributed by atoms with E-state index in [4.69, 9.17) is 11.6 Å². The third-order valence-corrected chi connectivity index (χ3v) is 5.52. The van der Waals surface area contributed by atoms with E-state index in [9.17, 15) is 22.8 Å². The molecule has 3 heterocycles. The Kier molecular flexibility index (Phi) is 5.41. The van der Waals surface area contributed by atoms with Crippen molar-refractivity contribution in [3.63, 3.8) is 0 Å². The predicted molar refractivity (Wildman–Crippen MR) is 112 cm³/mol. The number of anilines is 2. The number of carbonyl (C=O) groups excluding carboxylic acids is 2. The van der Waals surface area contributed by atoms with E-state index in [1.54, 1.807) is 26.1 Å². The molecular formula is C21H17ClF3N5O2. The molecule has 1 atom stereocenters. The Hall–Kier alpha value is -3.40. The SMILES string of the molecule is Cc1ccncc1C(=O)Nc1cnn2c1C(=O)N(c1ccc(C(F)(F)F)c(Cl)c1)C[C@@H]2C. The van der Waals surface area contributed by atoms with Gasteiger partial charge >= 0.3 is 6.18 Å². The molecule has 1 N–H and O–H groups in total. The van der Waals surface area contributed by atoms with E-state index in [1.165, 1.54) is 28.0 Å². The number of halogens is 4. The van der Waals surface area contributed by atoms with Gasteiger partial charge in [-0.15, -0.1) is 0 Å². The molecule has 0 bridgehead atoms. The molecular weight excluding hydrogens is 447 g/mol. The van der Waals surface area contributed by atoms with Gasteiger partial charge in [0, 0.05) is 24.6 Å². The van der Waals surface area contributed by atoms with Crippen LogP contribution in [0.5, 0.6) is 0 Å². The second-order valence-corrected chi connectivity index (χ2v) is 7.83. The van der Waals surface area contributed by atoms with Crippen LogP contribution in [0.3, 0.4) is 0 Å². The van der Waals surface area contributed by atoms with Crippen LogP contribution in [0, 0.1) is 6.92 Å². The van der Waals surface area contributed by atoms with Gasteiger partial charge < -0.3 is 10.2 Å². The summed E-state index contributed by atoms with van der Waals surface area (Å²) in [6.45, 7) is 3.73. The minimum atomic E-state index is -4.60. The number of alkyl halides is 3. The van der Waals surface area contributed by atoms with Gasteiger partial charge in [-0.25, -0.2) is 0 Å². The van der Waals surface area contributed by atoms with Crippen molar-refractivity contribution >= 4 is 34.8 Å². The molecule has 4 rings (SSSR count). The van der Waals surface area contributed by atoms with Crippen LogP contribution in [0.1, 0.15) is 44.9 Å². The molecule has 0 fully saturated rings. The molecule has 7 nitrogen and oxygen atoms in total. The monoisotopic (exact) mass is 463 g/mol. The number of aryl methyl sites for hydroxylation is 1. The van der Waals surface area contributed by atoms with E-state index >= 15 is 0 Å². The number of nitrogens with one attached hydrogen (secondary N) is 1. The molecule has 32 heavy (non-hydrogen) atoms. The van der Waals surface area contributed by atoms with E-state index < -0.39 is 28.6 Å². The van der Waals surface area contributed by atoms with E-state index in [0.717, 1.165) is 12.1 Å².